The van der Waals surface area contributed by atoms with E-state index in [1.54, 1.807) is 48.5 Å². The maximum atomic E-state index is 10.5. The minimum atomic E-state index is -0.188. The molecule has 0 saturated carbocycles. The summed E-state index contributed by atoms with van der Waals surface area (Å²) in [6.45, 7) is 4.25. The third kappa shape index (κ3) is 12.0. The lowest BCUT2D eigenvalue weighted by molar-refractivity contribution is -0.115. The van der Waals surface area contributed by atoms with Crippen LogP contribution >= 0.6 is 0 Å². The summed E-state index contributed by atoms with van der Waals surface area (Å²) in [5.41, 5.74) is 1.74. The van der Waals surface area contributed by atoms with E-state index >= 15 is 0 Å². The predicted octanol–water partition coefficient (Wildman–Crippen LogP) is 4.05. The molecule has 0 bridgehead atoms. The van der Waals surface area contributed by atoms with E-state index in [0.29, 0.717) is 17.1 Å². The van der Waals surface area contributed by atoms with E-state index in [1.807, 2.05) is 0 Å². The molecule has 0 radical (unpaired) electrons. The molecule has 9 heteroatoms. The summed E-state index contributed by atoms with van der Waals surface area (Å²) in [5.74, 6) is -0.0177. The molecule has 3 rings (SSSR count). The summed E-state index contributed by atoms with van der Waals surface area (Å²) in [6.07, 6.45) is 0. The van der Waals surface area contributed by atoms with Gasteiger partial charge in [0.05, 0.1) is 5.69 Å². The number of nitrogens with one attached hydrogen (secondary N) is 3. The van der Waals surface area contributed by atoms with Crippen LogP contribution in [0, 0.1) is 0 Å². The molecule has 0 aliphatic heterocycles. The van der Waals surface area contributed by atoms with Gasteiger partial charge in [-0.05, 0) is 48.5 Å². The highest BCUT2D eigenvalue weighted by Crippen LogP contribution is 2.21. The third-order valence-electron chi connectivity index (χ3n) is 3.57. The van der Waals surface area contributed by atoms with Crippen molar-refractivity contribution in [2.45, 2.75) is 20.8 Å². The van der Waals surface area contributed by atoms with Crippen LogP contribution in [0.1, 0.15) is 20.8 Å². The van der Waals surface area contributed by atoms with Crippen LogP contribution in [0.5, 0.6) is 17.2 Å². The van der Waals surface area contributed by atoms with E-state index < -0.39 is 0 Å². The van der Waals surface area contributed by atoms with Gasteiger partial charge in [0.15, 0.2) is 0 Å². The quantitative estimate of drug-likeness (QED) is 0.260. The largest absolute Gasteiger partial charge is 0.508 e. The number of anilines is 3. The first-order valence-electron chi connectivity index (χ1n) is 9.75. The number of benzene rings is 3. The molecule has 9 nitrogen and oxygen atoms in total. The molecule has 0 spiro atoms. The summed E-state index contributed by atoms with van der Waals surface area (Å²) in [5, 5.41) is 34.6. The van der Waals surface area contributed by atoms with Crippen LogP contribution in [0.3, 0.4) is 0 Å². The monoisotopic (exact) mass is 453 g/mol. The minimum absolute atomic E-state index is 0.0858. The Morgan fingerprint density at radius 1 is 0.576 bits per heavy atom. The summed E-state index contributed by atoms with van der Waals surface area (Å²) >= 11 is 0. The Balaban J connectivity index is 0.000000247. The first kappa shape index (κ1) is 26.5. The van der Waals surface area contributed by atoms with Gasteiger partial charge in [-0.1, -0.05) is 18.2 Å². The smallest absolute Gasteiger partial charge is 0.221 e. The lowest BCUT2D eigenvalue weighted by atomic mass is 10.3. The minimum Gasteiger partial charge on any atom is -0.508 e. The number of aromatic hydroxyl groups is 3. The van der Waals surface area contributed by atoms with Gasteiger partial charge in [-0.25, -0.2) is 0 Å². The average molecular weight is 453 g/mol. The van der Waals surface area contributed by atoms with Gasteiger partial charge in [0.2, 0.25) is 17.7 Å². The van der Waals surface area contributed by atoms with Crippen LogP contribution in [0.25, 0.3) is 0 Å². The van der Waals surface area contributed by atoms with Crippen molar-refractivity contribution in [1.82, 2.24) is 0 Å². The van der Waals surface area contributed by atoms with Crippen molar-refractivity contribution in [3.8, 4) is 17.2 Å². The number of phenols is 3. The number of hydrogen-bond donors (Lipinski definition) is 6. The molecule has 174 valence electrons. The van der Waals surface area contributed by atoms with Crippen molar-refractivity contribution in [2.75, 3.05) is 16.0 Å². The Labute approximate surface area is 191 Å². The molecule has 0 unspecified atom stereocenters. The Morgan fingerprint density at radius 2 is 1.12 bits per heavy atom. The molecule has 0 atom stereocenters. The maximum Gasteiger partial charge on any atom is 0.221 e. The van der Waals surface area contributed by atoms with Crippen molar-refractivity contribution in [3.05, 3.63) is 72.8 Å². The van der Waals surface area contributed by atoms with Gasteiger partial charge in [0.1, 0.15) is 17.2 Å². The van der Waals surface area contributed by atoms with E-state index in [0.717, 1.165) is 0 Å². The Morgan fingerprint density at radius 3 is 1.64 bits per heavy atom. The molecular weight excluding hydrogens is 426 g/mol. The van der Waals surface area contributed by atoms with E-state index in [2.05, 4.69) is 16.0 Å². The van der Waals surface area contributed by atoms with E-state index in [1.165, 1.54) is 45.0 Å². The Bertz CT molecular complexity index is 1070. The van der Waals surface area contributed by atoms with Gasteiger partial charge in [0.25, 0.3) is 0 Å². The van der Waals surface area contributed by atoms with Gasteiger partial charge in [-0.3, -0.25) is 14.4 Å². The van der Waals surface area contributed by atoms with E-state index in [-0.39, 0.29) is 35.0 Å². The second kappa shape index (κ2) is 13.7. The number of carbonyl (C=O) groups is 3. The van der Waals surface area contributed by atoms with Crippen LogP contribution in [0.2, 0.25) is 0 Å². The second-order valence-electron chi connectivity index (χ2n) is 6.66. The van der Waals surface area contributed by atoms with Crippen LogP contribution in [0.15, 0.2) is 72.8 Å². The zero-order chi connectivity index (χ0) is 24.8. The molecule has 0 aliphatic rings. The van der Waals surface area contributed by atoms with Crippen LogP contribution in [0.4, 0.5) is 17.1 Å². The van der Waals surface area contributed by atoms with Crippen LogP contribution < -0.4 is 16.0 Å². The standard InChI is InChI=1S/3C8H9NO2/c1-6(10)9-7-2-4-8(11)5-3-7;1-6(10)9-7-3-2-4-8(11)5-7;1-6(10)9-7-4-2-3-5-8(7)11/h3*2-5,11H,1H3,(H,9,10). The molecule has 3 amide bonds. The first-order valence-corrected chi connectivity index (χ1v) is 9.75. The number of amides is 3. The zero-order valence-electron chi connectivity index (χ0n) is 18.5. The van der Waals surface area contributed by atoms with E-state index in [9.17, 15) is 14.4 Å². The highest BCUT2D eigenvalue weighted by molar-refractivity contribution is 5.90. The summed E-state index contributed by atoms with van der Waals surface area (Å²) < 4.78 is 0. The highest BCUT2D eigenvalue weighted by atomic mass is 16.3. The fourth-order valence-corrected chi connectivity index (χ4v) is 2.30. The predicted molar refractivity (Wildman–Crippen MR) is 127 cm³/mol. The molecule has 0 aliphatic carbocycles. The van der Waals surface area contributed by atoms with Crippen molar-refractivity contribution in [3.63, 3.8) is 0 Å². The number of phenolic OH excluding ortho intramolecular Hbond substituents is 3. The molecular formula is C24H27N3O6. The SMILES string of the molecule is CC(=O)Nc1ccc(O)cc1.CC(=O)Nc1cccc(O)c1.CC(=O)Nc1ccccc1O. The average Bonchev–Trinajstić information content (AvgIpc) is 2.71. The van der Waals surface area contributed by atoms with Crippen molar-refractivity contribution in [2.24, 2.45) is 0 Å². The fourth-order valence-electron chi connectivity index (χ4n) is 2.30. The normalized spacial score (nSPS) is 9.18. The lowest BCUT2D eigenvalue weighted by Gasteiger charge is -2.02. The zero-order valence-corrected chi connectivity index (χ0v) is 18.5. The maximum absolute atomic E-state index is 10.5. The summed E-state index contributed by atoms with van der Waals surface area (Å²) in [4.78, 5) is 31.6. The molecule has 0 saturated heterocycles. The topological polar surface area (TPSA) is 148 Å². The lowest BCUT2D eigenvalue weighted by Crippen LogP contribution is -2.05. The van der Waals surface area contributed by atoms with Crippen LogP contribution in [-0.2, 0) is 14.4 Å². The summed E-state index contributed by atoms with van der Waals surface area (Å²) in [6, 6.07) is 19.3. The van der Waals surface area contributed by atoms with Crippen molar-refractivity contribution in [1.29, 1.82) is 0 Å². The van der Waals surface area contributed by atoms with E-state index in [4.69, 9.17) is 15.3 Å². The first-order chi connectivity index (χ1) is 15.6. The number of hydrogen-bond acceptors (Lipinski definition) is 6. The van der Waals surface area contributed by atoms with Gasteiger partial charge < -0.3 is 31.3 Å². The molecule has 3 aromatic rings. The van der Waals surface area contributed by atoms with Gasteiger partial charge in [-0.15, -0.1) is 0 Å². The molecule has 6 N–H and O–H groups in total. The molecule has 3 aromatic carbocycles. The van der Waals surface area contributed by atoms with Crippen LogP contribution in [-0.4, -0.2) is 33.0 Å². The second-order valence-corrected chi connectivity index (χ2v) is 6.66. The Hall–Kier alpha value is -4.53. The molecule has 0 fully saturated rings. The van der Waals surface area contributed by atoms with Gasteiger partial charge >= 0.3 is 0 Å². The molecule has 0 heterocycles. The third-order valence-corrected chi connectivity index (χ3v) is 3.57. The molecule has 33 heavy (non-hydrogen) atoms. The number of rotatable bonds is 3. The fraction of sp³-hybridized carbons (Fsp3) is 0.125. The van der Waals surface area contributed by atoms with Crippen molar-refractivity contribution >= 4 is 34.8 Å². The van der Waals surface area contributed by atoms with Gasteiger partial charge in [0, 0.05) is 38.2 Å². The molecule has 0 aromatic heterocycles. The Kier molecular flexibility index (Phi) is 11.0. The van der Waals surface area contributed by atoms with Crippen molar-refractivity contribution < 1.29 is 29.7 Å². The number of para-hydroxylation sites is 2. The highest BCUT2D eigenvalue weighted by Gasteiger charge is 1.99. The number of carbonyl (C=O) groups excluding carboxylic acids is 3. The van der Waals surface area contributed by atoms with Gasteiger partial charge in [-0.2, -0.15) is 0 Å². The summed E-state index contributed by atoms with van der Waals surface area (Å²) in [7, 11) is 0.